The highest BCUT2D eigenvalue weighted by Crippen LogP contribution is 2.41. The summed E-state index contributed by atoms with van der Waals surface area (Å²) >= 11 is 0. The van der Waals surface area contributed by atoms with Gasteiger partial charge in [0.05, 0.1) is 145 Å². The van der Waals surface area contributed by atoms with Gasteiger partial charge in [0.2, 0.25) is 0 Å². The molecule has 4 atom stereocenters. The molecule has 0 rings (SSSR count). The molecule has 0 fully saturated rings. The Morgan fingerprint density at radius 2 is 0.290 bits per heavy atom. The van der Waals surface area contributed by atoms with Gasteiger partial charge < -0.3 is 87.5 Å². The Bertz CT molecular complexity index is 2490. The van der Waals surface area contributed by atoms with Gasteiger partial charge in [-0.15, -0.1) is 0 Å². The van der Waals surface area contributed by atoms with Gasteiger partial charge in [-0.3, -0.25) is 0 Å². The van der Waals surface area contributed by atoms with Gasteiger partial charge in [-0.2, -0.15) is 132 Å². The maximum absolute atomic E-state index is 13.0. The zero-order valence-corrected chi connectivity index (χ0v) is 67.3. The van der Waals surface area contributed by atoms with E-state index >= 15 is 0 Å². The van der Waals surface area contributed by atoms with Crippen molar-refractivity contribution < 1.29 is 237 Å². The Kier molecular flexibility index (Phi) is 88.0. The largest absolute Gasteiger partial charge is 0.455 e. The molecule has 0 aromatic carbocycles. The van der Waals surface area contributed by atoms with Gasteiger partial charge in [0, 0.05) is 48.7 Å². The summed E-state index contributed by atoms with van der Waals surface area (Å²) < 4.78 is 467. The first kappa shape index (κ1) is 167. The van der Waals surface area contributed by atoms with E-state index in [1.807, 2.05) is 27.7 Å². The molecule has 131 heavy (non-hydrogen) atoms. The number of aliphatic hydroxyl groups excluding tert-OH is 6. The number of halogens is 34. The minimum absolute atomic E-state index is 0. The third kappa shape index (κ3) is 78.4. The number of hydrogen-bond donors (Lipinski definition) is 6. The molecule has 0 saturated heterocycles. The van der Waals surface area contributed by atoms with Crippen molar-refractivity contribution in [1.82, 2.24) is 0 Å². The smallest absolute Gasteiger partial charge is 0.396 e. The first-order valence-corrected chi connectivity index (χ1v) is 34.6. The Morgan fingerprint density at radius 1 is 0.168 bits per heavy atom. The molecular weight excluding hydrogens is 1880 g/mol. The molecule has 0 aromatic heterocycles. The van der Waals surface area contributed by atoms with Crippen molar-refractivity contribution in [3.05, 3.63) is 0 Å². The lowest BCUT2D eigenvalue weighted by atomic mass is 9.92. The summed E-state index contributed by atoms with van der Waals surface area (Å²) in [5, 5.41) is 56.2. The van der Waals surface area contributed by atoms with Crippen LogP contribution in [0, 0.1) is 48.7 Å². The molecule has 6 N–H and O–H groups in total. The fraction of sp³-hybridized carbons (Fsp3) is 1.00. The van der Waals surface area contributed by atoms with Crippen LogP contribution in [0.4, 0.5) is 149 Å². The zero-order chi connectivity index (χ0) is 95.4. The molecule has 18 nitrogen and oxygen atoms in total. The highest BCUT2D eigenvalue weighted by atomic mass is 19.5. The third-order valence-corrected chi connectivity index (χ3v) is 14.5. The minimum atomic E-state index is -5.98. The molecule has 0 heterocycles. The van der Waals surface area contributed by atoms with Gasteiger partial charge in [-0.25, -0.2) is 17.6 Å². The SMILES string of the molecule is C.C.C.C.C.C.C.C.C.C.C.C.CC(C)(CO)COCC(C)(C)COCC(C)(C)CO.CC(C)(COCC(C)(CO)COCC(F)(F)C(F)(F)F)COCC(C)(CO)COCC(F)(F)C(F)(F)F.CC(C)(COCC(C)(CO)COCC(F)(F)F)COCC(C)(CO)COCC(F)(F)F.FC(F)C(F)(F)COCC(F)(F)C(F)(F)F.FC(F)C(F)(F)COCC(F)(F)C(F)(F)F. The van der Waals surface area contributed by atoms with Crippen LogP contribution in [0.1, 0.15) is 186 Å². The number of aliphatic hydroxyl groups is 6. The third-order valence-electron chi connectivity index (χ3n) is 14.5. The second kappa shape index (κ2) is 68.9. The number of alkyl halides is 34. The fourth-order valence-corrected chi connectivity index (χ4v) is 7.01. The van der Waals surface area contributed by atoms with E-state index in [0.29, 0.717) is 26.4 Å². The van der Waals surface area contributed by atoms with E-state index in [-0.39, 0.29) is 185 Å². The molecule has 820 valence electrons. The molecule has 0 aliphatic heterocycles. The van der Waals surface area contributed by atoms with Crippen molar-refractivity contribution in [1.29, 1.82) is 0 Å². The molecule has 0 bridgehead atoms. The molecule has 0 amide bonds. The molecule has 0 radical (unpaired) electrons. The fourth-order valence-electron chi connectivity index (χ4n) is 7.01. The Morgan fingerprint density at radius 3 is 0.412 bits per heavy atom. The molecule has 4 unspecified atom stereocenters. The van der Waals surface area contributed by atoms with Crippen LogP contribution in [0.15, 0.2) is 0 Å². The molecular formula is C79H158F34O18. The Balaban J connectivity index is -0.0000000839. The molecule has 52 heteroatoms. The Hall–Kier alpha value is -3.10. The number of hydrogen-bond acceptors (Lipinski definition) is 18. The predicted molar refractivity (Wildman–Crippen MR) is 432 cm³/mol. The van der Waals surface area contributed by atoms with Gasteiger partial charge in [0.15, 0.2) is 0 Å². The molecule has 0 aliphatic rings. The van der Waals surface area contributed by atoms with Crippen LogP contribution in [0.2, 0.25) is 0 Å². The summed E-state index contributed by atoms with van der Waals surface area (Å²) in [5.41, 5.74) is -6.41. The van der Waals surface area contributed by atoms with Crippen LogP contribution in [0.3, 0.4) is 0 Å². The zero-order valence-electron chi connectivity index (χ0n) is 67.3. The van der Waals surface area contributed by atoms with E-state index in [4.69, 9.17) is 38.6 Å². The maximum atomic E-state index is 13.0. The Labute approximate surface area is 753 Å². The second-order valence-electron chi connectivity index (χ2n) is 33.1. The highest BCUT2D eigenvalue weighted by molar-refractivity contribution is 4.84. The summed E-state index contributed by atoms with van der Waals surface area (Å²) in [7, 11) is 0. The lowest BCUT2D eigenvalue weighted by molar-refractivity contribution is -0.302. The van der Waals surface area contributed by atoms with Crippen LogP contribution in [0.5, 0.6) is 0 Å². The van der Waals surface area contributed by atoms with Gasteiger partial charge in [-0.1, -0.05) is 186 Å². The van der Waals surface area contributed by atoms with Crippen LogP contribution in [0.25, 0.3) is 0 Å². The molecule has 0 saturated carbocycles. The number of rotatable bonds is 54. The van der Waals surface area contributed by atoms with Gasteiger partial charge >= 0.3 is 85.4 Å². The standard InChI is InChI=1S/C21H34F10O6.C19H34F6O6.C15H32O4.2C6H5F9O.12CH4/c1-15(2,7-34-9-16(3,5-32)11-36-13-18(22,23)20(26,27)28)8-35-10-17(4,6-33)12-37-14-19(24,25)21(29,30)31;1-15(2,7-28-9-16(3,5-26)11-30-13-18(20,21)22)8-29-10-17(4,6-27)12-31-14-19(23,24)25;1-13(2,7-16)9-18-11-15(5,6)12-19-10-14(3,4)8-17;2*7-3(8)4(9,10)1-16-2-5(11,12)6(13,14)15;;;;;;;;;;;;/h32-33H,5-14H2,1-4H3;26-27H,5-14H2,1-4H3;16-17H,7-12H2,1-6H3;2*3H,1-2H2;12*1H4. The first-order valence-electron chi connectivity index (χ1n) is 34.6. The lowest BCUT2D eigenvalue weighted by Crippen LogP contribution is -2.43. The van der Waals surface area contributed by atoms with E-state index in [9.17, 15) is 170 Å². The monoisotopic (exact) mass is 2040 g/mol. The first-order chi connectivity index (χ1) is 52.7. The van der Waals surface area contributed by atoms with Gasteiger partial charge in [0.1, 0.15) is 52.9 Å². The van der Waals surface area contributed by atoms with E-state index in [0.717, 1.165) is 0 Å². The van der Waals surface area contributed by atoms with Crippen molar-refractivity contribution in [2.75, 3.05) is 198 Å². The van der Waals surface area contributed by atoms with E-state index < -0.39 is 210 Å². The van der Waals surface area contributed by atoms with Gasteiger partial charge in [0.25, 0.3) is 0 Å². The highest BCUT2D eigenvalue weighted by Gasteiger charge is 2.61. The van der Waals surface area contributed by atoms with Crippen molar-refractivity contribution in [3.63, 3.8) is 0 Å². The average molecular weight is 2040 g/mol. The minimum Gasteiger partial charge on any atom is -0.396 e. The second-order valence-corrected chi connectivity index (χ2v) is 33.1. The lowest BCUT2D eigenvalue weighted by Gasteiger charge is -2.32. The summed E-state index contributed by atoms with van der Waals surface area (Å²) in [6.07, 6.45) is -40.8. The van der Waals surface area contributed by atoms with Crippen LogP contribution >= 0.6 is 0 Å². The summed E-state index contributed by atoms with van der Waals surface area (Å²) in [5.74, 6) is -30.4. The van der Waals surface area contributed by atoms with E-state index in [1.165, 1.54) is 27.7 Å². The molecule has 0 aliphatic carbocycles. The van der Waals surface area contributed by atoms with Crippen LogP contribution < -0.4 is 0 Å². The predicted octanol–water partition coefficient (Wildman–Crippen LogP) is 23.6. The van der Waals surface area contributed by atoms with E-state index in [1.54, 1.807) is 27.7 Å². The summed E-state index contributed by atoms with van der Waals surface area (Å²) in [6, 6.07) is 0. The van der Waals surface area contributed by atoms with Crippen molar-refractivity contribution in [3.8, 4) is 0 Å². The maximum Gasteiger partial charge on any atom is 0.455 e. The number of ether oxygens (including phenoxy) is 12. The van der Waals surface area contributed by atoms with Gasteiger partial charge in [-0.05, 0) is 0 Å². The normalized spacial score (nSPS) is 14.7. The van der Waals surface area contributed by atoms with Crippen molar-refractivity contribution >= 4 is 0 Å². The van der Waals surface area contributed by atoms with Crippen LogP contribution in [-0.4, -0.2) is 314 Å². The summed E-state index contributed by atoms with van der Waals surface area (Å²) in [4.78, 5) is 0. The van der Waals surface area contributed by atoms with Crippen molar-refractivity contribution in [2.45, 2.75) is 271 Å². The van der Waals surface area contributed by atoms with Crippen LogP contribution in [-0.2, 0) is 56.8 Å². The van der Waals surface area contributed by atoms with Crippen molar-refractivity contribution in [2.24, 2.45) is 48.7 Å². The molecule has 0 aromatic rings. The van der Waals surface area contributed by atoms with E-state index in [2.05, 4.69) is 42.3 Å². The topological polar surface area (TPSA) is 232 Å². The molecule has 0 spiro atoms. The average Bonchev–Trinajstić information content (AvgIpc) is 0.846. The summed E-state index contributed by atoms with van der Waals surface area (Å²) in [6.45, 7) is 6.58. The quantitative estimate of drug-likeness (QED) is 0.0311.